The Morgan fingerprint density at radius 2 is 2.03 bits per heavy atom. The van der Waals surface area contributed by atoms with Gasteiger partial charge in [-0.2, -0.15) is 0 Å². The van der Waals surface area contributed by atoms with E-state index < -0.39 is 28.1 Å². The number of carbonyl (C=O) groups is 3. The van der Waals surface area contributed by atoms with E-state index in [-0.39, 0.29) is 40.3 Å². The molecular weight excluding hydrogens is 500 g/mol. The maximum Gasteiger partial charge on any atom is 0.329 e. The van der Waals surface area contributed by atoms with Crippen LogP contribution in [0.3, 0.4) is 0 Å². The number of esters is 1. The number of nitrogens with zero attached hydrogens (tertiary/aromatic N) is 2. The number of ether oxygens (including phenoxy) is 3. The third-order valence-electron chi connectivity index (χ3n) is 4.89. The Bertz CT molecular complexity index is 1220. The molecule has 1 aliphatic heterocycles. The quantitative estimate of drug-likeness (QED) is 0.198. The number of carbonyl (C=O) groups excluding carboxylic acids is 3. The summed E-state index contributed by atoms with van der Waals surface area (Å²) in [4.78, 5) is 48.6. The van der Waals surface area contributed by atoms with Gasteiger partial charge in [0.25, 0.3) is 16.8 Å². The van der Waals surface area contributed by atoms with Crippen molar-refractivity contribution in [1.82, 2.24) is 4.90 Å². The Kier molecular flexibility index (Phi) is 8.36. The molecule has 0 unspecified atom stereocenters. The molecule has 0 spiro atoms. The standard InChI is InChI=1S/C23H21ClN2O8S/c1-4-33-22(28)13(2)25-21(27)19(35-23(25)29)11-15-9-17(24)20(18(10-15)32-3)34-12-14-6-5-7-16(8-14)26(30)31/h5-11,13H,4,12H2,1-3H3/b19-11+/t13-/m1/s1. The van der Waals surface area contributed by atoms with Crippen molar-refractivity contribution >= 4 is 52.2 Å². The van der Waals surface area contributed by atoms with Crippen molar-refractivity contribution in [3.63, 3.8) is 0 Å². The molecule has 1 heterocycles. The largest absolute Gasteiger partial charge is 0.493 e. The van der Waals surface area contributed by atoms with Gasteiger partial charge in [0, 0.05) is 12.1 Å². The highest BCUT2D eigenvalue weighted by Crippen LogP contribution is 2.39. The zero-order chi connectivity index (χ0) is 25.7. The van der Waals surface area contributed by atoms with Crippen LogP contribution in [-0.4, -0.2) is 46.7 Å². The third-order valence-corrected chi connectivity index (χ3v) is 6.06. The van der Waals surface area contributed by atoms with Crippen molar-refractivity contribution < 1.29 is 33.5 Å². The number of nitro benzene ring substituents is 1. The number of non-ortho nitro benzene ring substituents is 1. The molecule has 12 heteroatoms. The molecule has 3 rings (SSSR count). The van der Waals surface area contributed by atoms with E-state index in [9.17, 15) is 24.5 Å². The molecule has 0 aromatic heterocycles. The van der Waals surface area contributed by atoms with Crippen LogP contribution in [0.15, 0.2) is 41.3 Å². The van der Waals surface area contributed by atoms with Crippen LogP contribution in [-0.2, 0) is 20.9 Å². The second-order valence-corrected chi connectivity index (χ2v) is 8.63. The van der Waals surface area contributed by atoms with Crippen LogP contribution in [0, 0.1) is 10.1 Å². The second kappa shape index (κ2) is 11.2. The minimum Gasteiger partial charge on any atom is -0.493 e. The minimum absolute atomic E-state index is 0.00173. The van der Waals surface area contributed by atoms with E-state index in [4.69, 9.17) is 25.8 Å². The Morgan fingerprint density at radius 1 is 1.29 bits per heavy atom. The zero-order valence-corrected chi connectivity index (χ0v) is 20.6. The van der Waals surface area contributed by atoms with Gasteiger partial charge < -0.3 is 14.2 Å². The van der Waals surface area contributed by atoms with Gasteiger partial charge in [-0.1, -0.05) is 23.7 Å². The predicted octanol–water partition coefficient (Wildman–Crippen LogP) is 4.82. The lowest BCUT2D eigenvalue weighted by Crippen LogP contribution is -2.42. The first-order valence-corrected chi connectivity index (χ1v) is 11.5. The monoisotopic (exact) mass is 520 g/mol. The van der Waals surface area contributed by atoms with Crippen molar-refractivity contribution in [2.45, 2.75) is 26.5 Å². The molecule has 0 radical (unpaired) electrons. The Hall–Kier alpha value is -3.57. The van der Waals surface area contributed by atoms with Gasteiger partial charge in [-0.05, 0) is 54.9 Å². The number of amides is 2. The molecule has 0 aliphatic carbocycles. The lowest BCUT2D eigenvalue weighted by molar-refractivity contribution is -0.384. The molecule has 184 valence electrons. The number of hydrogen-bond acceptors (Lipinski definition) is 9. The second-order valence-electron chi connectivity index (χ2n) is 7.23. The number of nitro groups is 1. The fraction of sp³-hybridized carbons (Fsp3) is 0.261. The predicted molar refractivity (Wildman–Crippen MR) is 129 cm³/mol. The van der Waals surface area contributed by atoms with E-state index in [1.807, 2.05) is 0 Å². The number of hydrogen-bond donors (Lipinski definition) is 0. The highest BCUT2D eigenvalue weighted by Gasteiger charge is 2.41. The molecule has 1 aliphatic rings. The fourth-order valence-corrected chi connectivity index (χ4v) is 4.39. The zero-order valence-electron chi connectivity index (χ0n) is 19.0. The molecule has 1 atom stereocenters. The Balaban J connectivity index is 1.82. The lowest BCUT2D eigenvalue weighted by Gasteiger charge is -2.19. The molecule has 35 heavy (non-hydrogen) atoms. The van der Waals surface area contributed by atoms with Gasteiger partial charge in [0.2, 0.25) is 0 Å². The van der Waals surface area contributed by atoms with Crippen LogP contribution in [0.1, 0.15) is 25.0 Å². The average molecular weight is 521 g/mol. The highest BCUT2D eigenvalue weighted by atomic mass is 35.5. The van der Waals surface area contributed by atoms with Crippen molar-refractivity contribution in [1.29, 1.82) is 0 Å². The van der Waals surface area contributed by atoms with Gasteiger partial charge >= 0.3 is 5.97 Å². The summed E-state index contributed by atoms with van der Waals surface area (Å²) in [6, 6.07) is 8.02. The lowest BCUT2D eigenvalue weighted by atomic mass is 10.1. The molecule has 0 saturated carbocycles. The molecule has 2 aromatic carbocycles. The molecule has 1 saturated heterocycles. The van der Waals surface area contributed by atoms with E-state index in [1.165, 1.54) is 38.3 Å². The topological polar surface area (TPSA) is 125 Å². The van der Waals surface area contributed by atoms with Crippen LogP contribution < -0.4 is 9.47 Å². The van der Waals surface area contributed by atoms with Crippen LogP contribution >= 0.6 is 23.4 Å². The van der Waals surface area contributed by atoms with E-state index in [0.29, 0.717) is 22.9 Å². The average Bonchev–Trinajstić information content (AvgIpc) is 3.10. The maximum absolute atomic E-state index is 12.8. The molecule has 1 fully saturated rings. The normalized spacial score (nSPS) is 15.3. The first kappa shape index (κ1) is 26.0. The van der Waals surface area contributed by atoms with Gasteiger partial charge in [0.15, 0.2) is 11.5 Å². The molecule has 2 aromatic rings. The van der Waals surface area contributed by atoms with Gasteiger partial charge in [-0.3, -0.25) is 24.6 Å². The van der Waals surface area contributed by atoms with E-state index in [2.05, 4.69) is 0 Å². The van der Waals surface area contributed by atoms with E-state index in [1.54, 1.807) is 25.1 Å². The highest BCUT2D eigenvalue weighted by molar-refractivity contribution is 8.18. The number of rotatable bonds is 9. The summed E-state index contributed by atoms with van der Waals surface area (Å²) < 4.78 is 16.0. The maximum atomic E-state index is 12.8. The van der Waals surface area contributed by atoms with E-state index >= 15 is 0 Å². The Labute approximate surface area is 209 Å². The van der Waals surface area contributed by atoms with E-state index in [0.717, 1.165) is 4.90 Å². The smallest absolute Gasteiger partial charge is 0.329 e. The molecule has 0 bridgehead atoms. The molecule has 10 nitrogen and oxygen atoms in total. The van der Waals surface area contributed by atoms with Crippen molar-refractivity contribution in [2.24, 2.45) is 0 Å². The summed E-state index contributed by atoms with van der Waals surface area (Å²) in [6.07, 6.45) is 1.46. The van der Waals surface area contributed by atoms with Crippen molar-refractivity contribution in [3.8, 4) is 11.5 Å². The van der Waals surface area contributed by atoms with Crippen LogP contribution in [0.2, 0.25) is 5.02 Å². The summed E-state index contributed by atoms with van der Waals surface area (Å²) in [6.45, 7) is 3.18. The summed E-state index contributed by atoms with van der Waals surface area (Å²) in [5.74, 6) is -0.831. The number of halogens is 1. The summed E-state index contributed by atoms with van der Waals surface area (Å²) in [5.41, 5.74) is 0.959. The van der Waals surface area contributed by atoms with Crippen LogP contribution in [0.5, 0.6) is 11.5 Å². The molecule has 2 amide bonds. The van der Waals surface area contributed by atoms with Crippen LogP contribution in [0.4, 0.5) is 10.5 Å². The molecular formula is C23H21ClN2O8S. The first-order chi connectivity index (χ1) is 16.7. The van der Waals surface area contributed by atoms with Gasteiger partial charge in [0.1, 0.15) is 12.6 Å². The fourth-order valence-electron chi connectivity index (χ4n) is 3.21. The minimum atomic E-state index is -1.06. The van der Waals surface area contributed by atoms with Crippen LogP contribution in [0.25, 0.3) is 6.08 Å². The van der Waals surface area contributed by atoms with Crippen molar-refractivity contribution in [3.05, 3.63) is 67.6 Å². The third kappa shape index (κ3) is 5.92. The van der Waals surface area contributed by atoms with Gasteiger partial charge in [-0.25, -0.2) is 4.79 Å². The number of thioether (sulfide) groups is 1. The van der Waals surface area contributed by atoms with Gasteiger partial charge in [-0.15, -0.1) is 0 Å². The Morgan fingerprint density at radius 3 is 2.69 bits per heavy atom. The number of benzene rings is 2. The first-order valence-electron chi connectivity index (χ1n) is 10.3. The summed E-state index contributed by atoms with van der Waals surface area (Å²) in [7, 11) is 1.41. The SMILES string of the molecule is CCOC(=O)[C@@H](C)N1C(=O)S/C(=C/c2cc(Cl)c(OCc3cccc([N+](=O)[O-])c3)c(OC)c2)C1=O. The number of imide groups is 1. The number of methoxy groups -OCH3 is 1. The molecule has 0 N–H and O–H groups in total. The van der Waals surface area contributed by atoms with Gasteiger partial charge in [0.05, 0.1) is 28.6 Å². The summed E-state index contributed by atoms with van der Waals surface area (Å²) >= 11 is 7.09. The summed E-state index contributed by atoms with van der Waals surface area (Å²) in [5, 5.41) is 10.6. The van der Waals surface area contributed by atoms with Crippen molar-refractivity contribution in [2.75, 3.05) is 13.7 Å².